The van der Waals surface area contributed by atoms with Gasteiger partial charge < -0.3 is 27.8 Å². The van der Waals surface area contributed by atoms with Crippen LogP contribution < -0.4 is 9.80 Å². The first-order chi connectivity index (χ1) is 69.4. The predicted molar refractivity (Wildman–Crippen MR) is 589 cm³/mol. The van der Waals surface area contributed by atoms with Crippen molar-refractivity contribution in [2.45, 2.75) is 0 Å². The Hall–Kier alpha value is -18.6. The fraction of sp³-hybridized carbons (Fsp3) is 0. The van der Waals surface area contributed by atoms with Crippen LogP contribution in [0, 0.1) is 0 Å². The number of anilines is 6. The molecule has 27 rings (SSSR count). The van der Waals surface area contributed by atoms with Crippen molar-refractivity contribution in [1.82, 2.24) is 9.13 Å². The summed E-state index contributed by atoms with van der Waals surface area (Å²) < 4.78 is 17.6. The van der Waals surface area contributed by atoms with Gasteiger partial charge in [-0.25, -0.2) is 0 Å². The fourth-order valence-electron chi connectivity index (χ4n) is 21.4. The maximum Gasteiger partial charge on any atom is 0.136 e. The monoisotopic (exact) mass is 1780 g/mol. The van der Waals surface area contributed by atoms with Crippen LogP contribution in [0.5, 0.6) is 0 Å². The summed E-state index contributed by atoms with van der Waals surface area (Å²) in [6, 6.07) is 193. The van der Waals surface area contributed by atoms with Gasteiger partial charge in [0, 0.05) is 88.2 Å². The summed E-state index contributed by atoms with van der Waals surface area (Å²) in [5.41, 5.74) is 37.9. The minimum Gasteiger partial charge on any atom is -0.456 e. The molecule has 0 spiro atoms. The van der Waals surface area contributed by atoms with Crippen molar-refractivity contribution in [3.05, 3.63) is 534 Å². The first-order valence-corrected chi connectivity index (χ1v) is 47.9. The molecule has 27 aromatic rings. The third-order valence-corrected chi connectivity index (χ3v) is 28.0. The Morgan fingerprint density at radius 3 is 0.914 bits per heavy atom. The van der Waals surface area contributed by atoms with E-state index in [0.29, 0.717) is 0 Å². The van der Waals surface area contributed by atoms with E-state index < -0.39 is 0 Å². The topological polar surface area (TPSA) is 42.6 Å². The van der Waals surface area contributed by atoms with Gasteiger partial charge in [0.05, 0.1) is 39.1 Å². The molecule has 4 aromatic heterocycles. The maximum atomic E-state index is 6.43. The molecule has 6 heteroatoms. The molecule has 0 amide bonds. The smallest absolute Gasteiger partial charge is 0.136 e. The molecule has 656 valence electrons. The minimum absolute atomic E-state index is 0.874. The Morgan fingerprint density at radius 2 is 0.436 bits per heavy atom. The van der Waals surface area contributed by atoms with Crippen LogP contribution >= 0.6 is 0 Å². The number of furan rings is 2. The average Bonchev–Trinajstić information content (AvgIpc) is 1.46. The number of fused-ring (bicyclic) bond motifs is 15. The average molecular weight is 1790 g/mol. The second-order valence-electron chi connectivity index (χ2n) is 36.1. The third kappa shape index (κ3) is 14.7. The highest BCUT2D eigenvalue weighted by molar-refractivity contribution is 6.17. The van der Waals surface area contributed by atoms with Gasteiger partial charge in [0.1, 0.15) is 22.3 Å². The molecule has 0 saturated carbocycles. The molecular formula is C134H88N4O2. The van der Waals surface area contributed by atoms with E-state index in [1.165, 1.54) is 110 Å². The summed E-state index contributed by atoms with van der Waals surface area (Å²) in [7, 11) is 0. The van der Waals surface area contributed by atoms with Crippen LogP contribution in [0.1, 0.15) is 0 Å². The Bertz CT molecular complexity index is 9340. The van der Waals surface area contributed by atoms with Gasteiger partial charge in [-0.2, -0.15) is 0 Å². The van der Waals surface area contributed by atoms with Crippen molar-refractivity contribution in [2.24, 2.45) is 0 Å². The van der Waals surface area contributed by atoms with Gasteiger partial charge in [-0.3, -0.25) is 0 Å². The summed E-state index contributed by atoms with van der Waals surface area (Å²) in [5.74, 6) is 0. The summed E-state index contributed by atoms with van der Waals surface area (Å²) in [6.45, 7) is 0. The SMILES string of the molecule is c1cc(-c2ccc(N(c3ccc(-c4ccc5c(ccc6ccccc65)c4)cc3)c3ccccc3-c3cccc4oc5ccccc5c34)cc2)cc(-c2cccc(-n3c4ccccc4c4ccccc43)c2)c1.c1ccc(-c2ccc(-c3ccccc3N(c3ccc(-c4cccc(-c5cccc(-n6c7ccccc7c7ccccc76)c5)c4)cc3)c3ccccc3-c3cccc4oc5ccccc5c34)cc2)cc1. The van der Waals surface area contributed by atoms with Crippen LogP contribution in [-0.4, -0.2) is 9.13 Å². The van der Waals surface area contributed by atoms with Crippen LogP contribution in [0.15, 0.2) is 543 Å². The van der Waals surface area contributed by atoms with Crippen LogP contribution in [0.3, 0.4) is 0 Å². The summed E-state index contributed by atoms with van der Waals surface area (Å²) in [4.78, 5) is 4.82. The molecular weight excluding hydrogens is 1700 g/mol. The first-order valence-electron chi connectivity index (χ1n) is 47.9. The Morgan fingerprint density at radius 1 is 0.150 bits per heavy atom. The van der Waals surface area contributed by atoms with Gasteiger partial charge in [-0.1, -0.05) is 388 Å². The third-order valence-electron chi connectivity index (χ3n) is 28.0. The molecule has 23 aromatic carbocycles. The van der Waals surface area contributed by atoms with E-state index in [1.54, 1.807) is 0 Å². The van der Waals surface area contributed by atoms with Gasteiger partial charge in [-0.15, -0.1) is 0 Å². The van der Waals surface area contributed by atoms with Crippen LogP contribution in [0.25, 0.3) is 221 Å². The summed E-state index contributed by atoms with van der Waals surface area (Å²) in [6.07, 6.45) is 0. The van der Waals surface area contributed by atoms with E-state index in [-0.39, 0.29) is 0 Å². The molecule has 6 nitrogen and oxygen atoms in total. The van der Waals surface area contributed by atoms with Crippen LogP contribution in [-0.2, 0) is 0 Å². The number of nitrogens with zero attached hydrogens (tertiary/aromatic N) is 4. The van der Waals surface area contributed by atoms with E-state index in [0.717, 1.165) is 145 Å². The Kier molecular flexibility index (Phi) is 20.5. The van der Waals surface area contributed by atoms with Crippen LogP contribution in [0.2, 0.25) is 0 Å². The lowest BCUT2D eigenvalue weighted by molar-refractivity contribution is 0.668. The van der Waals surface area contributed by atoms with Gasteiger partial charge in [0.25, 0.3) is 0 Å². The van der Waals surface area contributed by atoms with Gasteiger partial charge in [0.15, 0.2) is 0 Å². The highest BCUT2D eigenvalue weighted by Gasteiger charge is 2.27. The number of benzene rings is 23. The molecule has 0 N–H and O–H groups in total. The van der Waals surface area contributed by atoms with Crippen molar-refractivity contribution in [1.29, 1.82) is 0 Å². The molecule has 0 atom stereocenters. The molecule has 4 heterocycles. The highest BCUT2D eigenvalue weighted by Crippen LogP contribution is 2.51. The second-order valence-corrected chi connectivity index (χ2v) is 36.1. The quantitative estimate of drug-likeness (QED) is 0.0852. The van der Waals surface area contributed by atoms with Gasteiger partial charge in [0.2, 0.25) is 0 Å². The summed E-state index contributed by atoms with van der Waals surface area (Å²) in [5, 5.41) is 14.5. The zero-order chi connectivity index (χ0) is 92.5. The zero-order valence-electron chi connectivity index (χ0n) is 76.4. The summed E-state index contributed by atoms with van der Waals surface area (Å²) >= 11 is 0. The van der Waals surface area contributed by atoms with Crippen molar-refractivity contribution in [2.75, 3.05) is 9.80 Å². The Balaban J connectivity index is 0.000000144. The normalized spacial score (nSPS) is 11.6. The molecule has 0 bridgehead atoms. The van der Waals surface area contributed by atoms with Crippen LogP contribution in [0.4, 0.5) is 34.1 Å². The second kappa shape index (κ2) is 35.0. The molecule has 0 saturated heterocycles. The largest absolute Gasteiger partial charge is 0.456 e. The highest BCUT2D eigenvalue weighted by atomic mass is 16.3. The fourth-order valence-corrected chi connectivity index (χ4v) is 21.4. The van der Waals surface area contributed by atoms with Crippen molar-refractivity contribution < 1.29 is 8.83 Å². The van der Waals surface area contributed by atoms with E-state index >= 15 is 0 Å². The standard InChI is InChI=1S/C68H44N2O.C66H44N2O/c1-2-19-56-47(14-1)30-31-52-43-51(36-41-57(52)56)46-34-39-54(40-35-46)69(63-25-7-5-22-60(63)61-24-13-29-67-68(61)62-23-6-10-28-66(62)71-67)53-37-32-45(33-38-53)48-15-11-16-49(42-48)50-17-12-18-55(44-50)70-64-26-8-3-20-58(64)59-21-4-9-27-65(59)70;1-2-17-45(18-3-1)46-35-37-48(38-36-46)54-23-4-9-29-60(54)67(63-32-12-7-26-57(63)58-28-16-34-65-66(58)59-27-8-13-33-64(59)69-65)52-41-39-47(40-42-52)49-19-14-20-50(43-49)51-21-15-22-53(44-51)68-61-30-10-5-24-55(61)56-25-6-11-31-62(56)68/h1-44H;1-44H. The first kappa shape index (κ1) is 82.1. The number of hydrogen-bond donors (Lipinski definition) is 0. The maximum absolute atomic E-state index is 6.43. The molecule has 0 aliphatic rings. The number of para-hydroxylation sites is 9. The zero-order valence-corrected chi connectivity index (χ0v) is 76.4. The van der Waals surface area contributed by atoms with Gasteiger partial charge >= 0.3 is 0 Å². The molecule has 0 unspecified atom stereocenters. The number of aromatic nitrogens is 2. The minimum atomic E-state index is 0.874. The molecule has 0 aliphatic heterocycles. The van der Waals surface area contributed by atoms with E-state index in [9.17, 15) is 0 Å². The molecule has 0 radical (unpaired) electrons. The van der Waals surface area contributed by atoms with Crippen molar-refractivity contribution >= 4 is 143 Å². The lowest BCUT2D eigenvalue weighted by Crippen LogP contribution is -2.12. The van der Waals surface area contributed by atoms with Crippen molar-refractivity contribution in [3.8, 4) is 112 Å². The predicted octanol–water partition coefficient (Wildman–Crippen LogP) is 37.6. The molecule has 0 aliphatic carbocycles. The molecule has 0 fully saturated rings. The molecule has 140 heavy (non-hydrogen) atoms. The number of rotatable bonds is 17. The lowest BCUT2D eigenvalue weighted by Gasteiger charge is -2.30. The van der Waals surface area contributed by atoms with Crippen molar-refractivity contribution in [3.63, 3.8) is 0 Å². The lowest BCUT2D eigenvalue weighted by atomic mass is 9.95. The van der Waals surface area contributed by atoms with E-state index in [4.69, 9.17) is 8.83 Å². The number of hydrogen-bond acceptors (Lipinski definition) is 4. The van der Waals surface area contributed by atoms with Gasteiger partial charge in [-0.05, 0) is 251 Å². The van der Waals surface area contributed by atoms with E-state index in [2.05, 4.69) is 541 Å². The Labute approximate surface area is 810 Å². The van der Waals surface area contributed by atoms with E-state index in [1.807, 2.05) is 12.1 Å².